The highest BCUT2D eigenvalue weighted by molar-refractivity contribution is 6.30. The van der Waals surface area contributed by atoms with Crippen molar-refractivity contribution in [3.8, 4) is 0 Å². The summed E-state index contributed by atoms with van der Waals surface area (Å²) in [5.41, 5.74) is 0.631. The van der Waals surface area contributed by atoms with Crippen molar-refractivity contribution in [1.29, 1.82) is 0 Å². The fourth-order valence-corrected chi connectivity index (χ4v) is 3.64. The van der Waals surface area contributed by atoms with Gasteiger partial charge in [-0.05, 0) is 43.5 Å². The molecule has 0 bridgehead atoms. The van der Waals surface area contributed by atoms with E-state index in [1.165, 1.54) is 0 Å². The molecule has 1 aromatic rings. The number of nitrogens with zero attached hydrogens (tertiary/aromatic N) is 1. The van der Waals surface area contributed by atoms with Gasteiger partial charge in [0.2, 0.25) is 5.91 Å². The number of anilines is 1. The molecule has 4 amide bonds. The molecule has 2 aliphatic rings. The molecule has 1 saturated heterocycles. The summed E-state index contributed by atoms with van der Waals surface area (Å²) in [5.74, 6) is -0.688. The first-order valence-corrected chi connectivity index (χ1v) is 8.49. The summed E-state index contributed by atoms with van der Waals surface area (Å²) in [4.78, 5) is 38.1. The van der Waals surface area contributed by atoms with Gasteiger partial charge in [-0.15, -0.1) is 0 Å². The number of aryl methyl sites for hydroxylation is 1. The number of carbonyl (C=O) groups excluding carboxylic acids is 3. The van der Waals surface area contributed by atoms with Gasteiger partial charge in [-0.2, -0.15) is 0 Å². The zero-order valence-corrected chi connectivity index (χ0v) is 14.3. The number of urea groups is 1. The van der Waals surface area contributed by atoms with Crippen molar-refractivity contribution in [2.45, 2.75) is 44.6 Å². The van der Waals surface area contributed by atoms with Crippen molar-refractivity contribution < 1.29 is 14.4 Å². The van der Waals surface area contributed by atoms with Crippen LogP contribution in [0.4, 0.5) is 10.5 Å². The molecule has 0 radical (unpaired) electrons. The highest BCUT2D eigenvalue weighted by atomic mass is 35.5. The standard InChI is InChI=1S/C17H20ClN3O3/c1-11-9-12(18)5-6-13(11)19-14(22)10-21-15(23)17(20-16(21)24)7-3-2-4-8-17/h5-6,9H,2-4,7-8,10H2,1H3,(H,19,22)(H,20,24). The predicted octanol–water partition coefficient (Wildman–Crippen LogP) is 2.84. The van der Waals surface area contributed by atoms with Gasteiger partial charge in [0, 0.05) is 10.7 Å². The fraction of sp³-hybridized carbons (Fsp3) is 0.471. The summed E-state index contributed by atoms with van der Waals surface area (Å²) in [6.45, 7) is 1.54. The molecule has 3 rings (SSSR count). The molecule has 0 aromatic heterocycles. The van der Waals surface area contributed by atoms with Crippen LogP contribution in [0.1, 0.15) is 37.7 Å². The lowest BCUT2D eigenvalue weighted by atomic mass is 9.82. The number of halogens is 1. The fourth-order valence-electron chi connectivity index (χ4n) is 3.41. The summed E-state index contributed by atoms with van der Waals surface area (Å²) in [6.07, 6.45) is 4.19. The van der Waals surface area contributed by atoms with Gasteiger partial charge < -0.3 is 10.6 Å². The Morgan fingerprint density at radius 1 is 1.29 bits per heavy atom. The van der Waals surface area contributed by atoms with Crippen LogP contribution in [0.15, 0.2) is 18.2 Å². The summed E-state index contributed by atoms with van der Waals surface area (Å²) < 4.78 is 0. The Kier molecular flexibility index (Phi) is 4.49. The van der Waals surface area contributed by atoms with Crippen molar-refractivity contribution in [3.05, 3.63) is 28.8 Å². The molecule has 1 aliphatic heterocycles. The van der Waals surface area contributed by atoms with Gasteiger partial charge in [0.25, 0.3) is 5.91 Å². The first-order chi connectivity index (χ1) is 11.4. The maximum absolute atomic E-state index is 12.6. The molecule has 6 nitrogen and oxygen atoms in total. The number of hydrogen-bond acceptors (Lipinski definition) is 3. The molecule has 1 heterocycles. The molecule has 2 N–H and O–H groups in total. The molecule has 1 aliphatic carbocycles. The van der Waals surface area contributed by atoms with Crippen molar-refractivity contribution in [2.24, 2.45) is 0 Å². The molecule has 24 heavy (non-hydrogen) atoms. The van der Waals surface area contributed by atoms with Crippen LogP contribution in [0.2, 0.25) is 5.02 Å². The largest absolute Gasteiger partial charge is 0.325 e. The van der Waals surface area contributed by atoms with Gasteiger partial charge in [0.05, 0.1) is 0 Å². The Morgan fingerprint density at radius 2 is 2.00 bits per heavy atom. The van der Waals surface area contributed by atoms with E-state index < -0.39 is 17.5 Å². The predicted molar refractivity (Wildman–Crippen MR) is 90.9 cm³/mol. The summed E-state index contributed by atoms with van der Waals surface area (Å²) in [6, 6.07) is 4.63. The van der Waals surface area contributed by atoms with E-state index in [9.17, 15) is 14.4 Å². The first-order valence-electron chi connectivity index (χ1n) is 8.11. The lowest BCUT2D eigenvalue weighted by Crippen LogP contribution is -2.48. The van der Waals surface area contributed by atoms with Gasteiger partial charge in [0.1, 0.15) is 12.1 Å². The molecule has 2 fully saturated rings. The minimum absolute atomic E-state index is 0.282. The van der Waals surface area contributed by atoms with E-state index in [1.54, 1.807) is 18.2 Å². The zero-order valence-electron chi connectivity index (χ0n) is 13.5. The molecular formula is C17H20ClN3O3. The van der Waals surface area contributed by atoms with E-state index in [1.807, 2.05) is 6.92 Å². The number of imide groups is 1. The van der Waals surface area contributed by atoms with Crippen LogP contribution in [0.5, 0.6) is 0 Å². The lowest BCUT2D eigenvalue weighted by Gasteiger charge is -2.30. The monoisotopic (exact) mass is 349 g/mol. The number of amides is 4. The SMILES string of the molecule is Cc1cc(Cl)ccc1NC(=O)CN1C(=O)NC2(CCCCC2)C1=O. The highest BCUT2D eigenvalue weighted by Gasteiger charge is 2.51. The van der Waals surface area contributed by atoms with E-state index in [-0.39, 0.29) is 12.5 Å². The average Bonchev–Trinajstić information content (AvgIpc) is 2.75. The van der Waals surface area contributed by atoms with Crippen molar-refractivity contribution >= 4 is 35.1 Å². The average molecular weight is 350 g/mol. The van der Waals surface area contributed by atoms with Crippen LogP contribution in [-0.2, 0) is 9.59 Å². The second-order valence-corrected chi connectivity index (χ2v) is 6.91. The lowest BCUT2D eigenvalue weighted by molar-refractivity contribution is -0.134. The van der Waals surface area contributed by atoms with Crippen LogP contribution in [-0.4, -0.2) is 34.8 Å². The maximum Gasteiger partial charge on any atom is 0.325 e. The van der Waals surface area contributed by atoms with Crippen LogP contribution < -0.4 is 10.6 Å². The number of nitrogens with one attached hydrogen (secondary N) is 2. The molecule has 1 spiro atoms. The third kappa shape index (κ3) is 3.11. The van der Waals surface area contributed by atoms with Gasteiger partial charge in [-0.25, -0.2) is 4.79 Å². The van der Waals surface area contributed by atoms with E-state index in [4.69, 9.17) is 11.6 Å². The van der Waals surface area contributed by atoms with Crippen molar-refractivity contribution in [2.75, 3.05) is 11.9 Å². The smallest absolute Gasteiger partial charge is 0.324 e. The Bertz CT molecular complexity index is 698. The minimum Gasteiger partial charge on any atom is -0.324 e. The maximum atomic E-state index is 12.6. The minimum atomic E-state index is -0.800. The van der Waals surface area contributed by atoms with Gasteiger partial charge in [0.15, 0.2) is 0 Å². The Hall–Kier alpha value is -2.08. The normalized spacial score (nSPS) is 19.5. The molecule has 0 atom stereocenters. The molecule has 1 aromatic carbocycles. The van der Waals surface area contributed by atoms with Crippen molar-refractivity contribution in [3.63, 3.8) is 0 Å². The van der Waals surface area contributed by atoms with Gasteiger partial charge in [-0.1, -0.05) is 30.9 Å². The van der Waals surface area contributed by atoms with E-state index in [0.29, 0.717) is 23.6 Å². The van der Waals surface area contributed by atoms with Crippen LogP contribution in [0.25, 0.3) is 0 Å². The number of carbonyl (C=O) groups is 3. The second-order valence-electron chi connectivity index (χ2n) is 6.47. The van der Waals surface area contributed by atoms with E-state index in [0.717, 1.165) is 29.7 Å². The summed E-state index contributed by atoms with van der Waals surface area (Å²) >= 11 is 5.89. The quantitative estimate of drug-likeness (QED) is 0.823. The molecule has 1 saturated carbocycles. The third-order valence-corrected chi connectivity index (χ3v) is 4.95. The number of rotatable bonds is 3. The van der Waals surface area contributed by atoms with E-state index >= 15 is 0 Å². The number of hydrogen-bond donors (Lipinski definition) is 2. The third-order valence-electron chi connectivity index (χ3n) is 4.72. The van der Waals surface area contributed by atoms with E-state index in [2.05, 4.69) is 10.6 Å². The van der Waals surface area contributed by atoms with Crippen LogP contribution >= 0.6 is 11.6 Å². The van der Waals surface area contributed by atoms with Crippen LogP contribution in [0.3, 0.4) is 0 Å². The van der Waals surface area contributed by atoms with Crippen molar-refractivity contribution in [1.82, 2.24) is 10.2 Å². The number of benzene rings is 1. The summed E-state index contributed by atoms with van der Waals surface area (Å²) in [5, 5.41) is 6.10. The molecule has 7 heteroatoms. The zero-order chi connectivity index (χ0) is 17.3. The van der Waals surface area contributed by atoms with Gasteiger partial charge >= 0.3 is 6.03 Å². The Labute approximate surface area is 145 Å². The molecular weight excluding hydrogens is 330 g/mol. The highest BCUT2D eigenvalue weighted by Crippen LogP contribution is 2.33. The Morgan fingerprint density at radius 3 is 2.67 bits per heavy atom. The van der Waals surface area contributed by atoms with Crippen LogP contribution in [0, 0.1) is 6.92 Å². The first kappa shape index (κ1) is 16.8. The summed E-state index contributed by atoms with van der Waals surface area (Å²) in [7, 11) is 0. The molecule has 0 unspecified atom stereocenters. The second kappa shape index (κ2) is 6.43. The molecule has 128 valence electrons. The topological polar surface area (TPSA) is 78.5 Å². The Balaban J connectivity index is 1.68. The van der Waals surface area contributed by atoms with Gasteiger partial charge in [-0.3, -0.25) is 14.5 Å².